The van der Waals surface area contributed by atoms with Crippen LogP contribution in [0, 0.1) is 0 Å². The van der Waals surface area contributed by atoms with E-state index in [4.69, 9.17) is 19.4 Å². The van der Waals surface area contributed by atoms with Crippen molar-refractivity contribution in [2.24, 2.45) is 0 Å². The number of fused-ring (bicyclic) bond motifs is 9. The van der Waals surface area contributed by atoms with Crippen molar-refractivity contribution in [3.8, 4) is 62.1 Å². The summed E-state index contributed by atoms with van der Waals surface area (Å²) in [5.74, 6) is 1.84. The second kappa shape index (κ2) is 14.2. The quantitative estimate of drug-likeness (QED) is 0.168. The van der Waals surface area contributed by atoms with Crippen LogP contribution in [0.2, 0.25) is 0 Å². The maximum Gasteiger partial charge on any atom is 0.165 e. The Morgan fingerprint density at radius 1 is 0.349 bits per heavy atom. The first kappa shape index (κ1) is 35.6. The van der Waals surface area contributed by atoms with E-state index in [-0.39, 0.29) is 0 Å². The molecule has 0 saturated heterocycles. The SMILES string of the molecule is c1ccc(-c2nc(-c3cccc4c3sc3c(-c5ccccc5)cccc34)nc(-c3cccc4oc5ccc(-c6ccc7c(c6)c6ccccc6n7-c6ccccc6)cc5c34)n2)cc1. The van der Waals surface area contributed by atoms with Crippen molar-refractivity contribution in [2.75, 3.05) is 0 Å². The Hall–Kier alpha value is -8.19. The predicted molar refractivity (Wildman–Crippen MR) is 262 cm³/mol. The molecule has 13 rings (SSSR count). The van der Waals surface area contributed by atoms with Crippen molar-refractivity contribution >= 4 is 75.3 Å². The average molecular weight is 823 g/mol. The zero-order valence-corrected chi connectivity index (χ0v) is 34.6. The van der Waals surface area contributed by atoms with E-state index in [1.165, 1.54) is 48.4 Å². The summed E-state index contributed by atoms with van der Waals surface area (Å²) in [7, 11) is 0. The van der Waals surface area contributed by atoms with Crippen LogP contribution in [-0.4, -0.2) is 19.5 Å². The van der Waals surface area contributed by atoms with Gasteiger partial charge in [-0.25, -0.2) is 15.0 Å². The minimum absolute atomic E-state index is 0.593. The van der Waals surface area contributed by atoms with E-state index < -0.39 is 0 Å². The minimum Gasteiger partial charge on any atom is -0.456 e. The molecule has 0 saturated carbocycles. The Bertz CT molecular complexity index is 3910. The summed E-state index contributed by atoms with van der Waals surface area (Å²) < 4.78 is 11.3. The lowest BCUT2D eigenvalue weighted by molar-refractivity contribution is 0.669. The second-order valence-electron chi connectivity index (χ2n) is 15.9. The van der Waals surface area contributed by atoms with Gasteiger partial charge in [0.1, 0.15) is 11.2 Å². The molecule has 63 heavy (non-hydrogen) atoms. The Morgan fingerprint density at radius 2 is 0.905 bits per heavy atom. The summed E-state index contributed by atoms with van der Waals surface area (Å²) in [5, 5.41) is 6.82. The summed E-state index contributed by atoms with van der Waals surface area (Å²) in [5.41, 5.74) is 12.5. The molecule has 294 valence electrons. The van der Waals surface area contributed by atoms with E-state index in [1.54, 1.807) is 11.3 Å². The average Bonchev–Trinajstić information content (AvgIpc) is 4.04. The molecular formula is C57H34N4OS. The fourth-order valence-electron chi connectivity index (χ4n) is 9.37. The van der Waals surface area contributed by atoms with Crippen LogP contribution in [0.3, 0.4) is 0 Å². The Morgan fingerprint density at radius 3 is 1.68 bits per heavy atom. The topological polar surface area (TPSA) is 56.7 Å². The van der Waals surface area contributed by atoms with Crippen molar-refractivity contribution in [3.63, 3.8) is 0 Å². The van der Waals surface area contributed by atoms with Crippen LogP contribution in [-0.2, 0) is 0 Å². The molecular weight excluding hydrogens is 789 g/mol. The lowest BCUT2D eigenvalue weighted by Crippen LogP contribution is -2.00. The van der Waals surface area contributed by atoms with Gasteiger partial charge < -0.3 is 8.98 Å². The molecule has 13 aromatic rings. The zero-order chi connectivity index (χ0) is 41.4. The van der Waals surface area contributed by atoms with Gasteiger partial charge in [0, 0.05) is 64.1 Å². The first-order valence-electron chi connectivity index (χ1n) is 21.1. The first-order chi connectivity index (χ1) is 31.2. The van der Waals surface area contributed by atoms with Gasteiger partial charge in [0.05, 0.1) is 11.0 Å². The van der Waals surface area contributed by atoms with E-state index in [9.17, 15) is 0 Å². The third-order valence-corrected chi connectivity index (χ3v) is 13.6. The fraction of sp³-hybridized carbons (Fsp3) is 0. The number of hydrogen-bond donors (Lipinski definition) is 0. The fourth-order valence-corrected chi connectivity index (χ4v) is 10.7. The van der Waals surface area contributed by atoms with E-state index in [2.05, 4.69) is 180 Å². The van der Waals surface area contributed by atoms with Gasteiger partial charge >= 0.3 is 0 Å². The number of thiophene rings is 1. The van der Waals surface area contributed by atoms with Crippen LogP contribution in [0.25, 0.3) is 126 Å². The highest BCUT2D eigenvalue weighted by molar-refractivity contribution is 7.26. The highest BCUT2D eigenvalue weighted by Gasteiger charge is 2.21. The van der Waals surface area contributed by atoms with Gasteiger partial charge in [-0.1, -0.05) is 152 Å². The molecule has 5 nitrogen and oxygen atoms in total. The normalized spacial score (nSPS) is 11.8. The molecule has 6 heteroatoms. The molecule has 0 radical (unpaired) electrons. The van der Waals surface area contributed by atoms with Crippen molar-refractivity contribution in [2.45, 2.75) is 0 Å². The number of para-hydroxylation sites is 2. The smallest absolute Gasteiger partial charge is 0.165 e. The van der Waals surface area contributed by atoms with Crippen molar-refractivity contribution in [1.29, 1.82) is 0 Å². The number of rotatable bonds is 6. The molecule has 4 heterocycles. The van der Waals surface area contributed by atoms with Gasteiger partial charge in [0.15, 0.2) is 17.5 Å². The van der Waals surface area contributed by atoms with E-state index in [0.717, 1.165) is 60.1 Å². The molecule has 4 aromatic heterocycles. The van der Waals surface area contributed by atoms with Crippen LogP contribution in [0.15, 0.2) is 211 Å². The van der Waals surface area contributed by atoms with Gasteiger partial charge in [0.2, 0.25) is 0 Å². The highest BCUT2D eigenvalue weighted by Crippen LogP contribution is 2.45. The van der Waals surface area contributed by atoms with Gasteiger partial charge in [-0.15, -0.1) is 11.3 Å². The van der Waals surface area contributed by atoms with Crippen molar-refractivity contribution in [1.82, 2.24) is 19.5 Å². The van der Waals surface area contributed by atoms with Crippen LogP contribution < -0.4 is 0 Å². The molecule has 0 fully saturated rings. The van der Waals surface area contributed by atoms with Crippen LogP contribution in [0.1, 0.15) is 0 Å². The Balaban J connectivity index is 0.996. The Labute approximate surface area is 365 Å². The van der Waals surface area contributed by atoms with Crippen LogP contribution in [0.4, 0.5) is 0 Å². The van der Waals surface area contributed by atoms with E-state index in [0.29, 0.717) is 17.5 Å². The number of nitrogens with zero attached hydrogens (tertiary/aromatic N) is 4. The monoisotopic (exact) mass is 822 g/mol. The lowest BCUT2D eigenvalue weighted by atomic mass is 9.99. The summed E-state index contributed by atoms with van der Waals surface area (Å²) in [4.78, 5) is 15.8. The summed E-state index contributed by atoms with van der Waals surface area (Å²) >= 11 is 1.80. The van der Waals surface area contributed by atoms with Gasteiger partial charge in [-0.05, 0) is 76.9 Å². The van der Waals surface area contributed by atoms with Crippen molar-refractivity contribution < 1.29 is 4.42 Å². The van der Waals surface area contributed by atoms with E-state index >= 15 is 0 Å². The molecule has 0 spiro atoms. The molecule has 0 amide bonds. The number of furan rings is 1. The van der Waals surface area contributed by atoms with E-state index in [1.807, 2.05) is 30.3 Å². The van der Waals surface area contributed by atoms with Crippen LogP contribution in [0.5, 0.6) is 0 Å². The number of hydrogen-bond acceptors (Lipinski definition) is 5. The first-order valence-corrected chi connectivity index (χ1v) is 21.9. The highest BCUT2D eigenvalue weighted by atomic mass is 32.1. The standard InChI is InChI=1S/C57H34N4OS/c1-4-15-35(16-5-1)40-22-12-23-42-43-24-13-26-45(54(43)63-53(40)42)57-59-55(36-17-6-2-7-18-36)58-56(60-57)44-25-14-28-51-52(44)47-34-38(30-32-50(47)62-51)37-29-31-49-46(33-37)41-21-10-11-27-48(41)61(49)39-19-8-3-9-20-39/h1-34H. The third-order valence-electron chi connectivity index (χ3n) is 12.3. The van der Waals surface area contributed by atoms with Crippen molar-refractivity contribution in [3.05, 3.63) is 206 Å². The molecule has 0 aliphatic rings. The molecule has 9 aromatic carbocycles. The predicted octanol–water partition coefficient (Wildman–Crippen LogP) is 15.6. The van der Waals surface area contributed by atoms with Crippen LogP contribution >= 0.6 is 11.3 Å². The molecule has 0 atom stereocenters. The number of aromatic nitrogens is 4. The lowest BCUT2D eigenvalue weighted by Gasteiger charge is -2.10. The summed E-state index contributed by atoms with van der Waals surface area (Å²) in [6, 6.07) is 72.6. The number of benzene rings is 9. The summed E-state index contributed by atoms with van der Waals surface area (Å²) in [6.07, 6.45) is 0. The molecule has 0 aliphatic heterocycles. The van der Waals surface area contributed by atoms with Gasteiger partial charge in [-0.3, -0.25) is 0 Å². The molecule has 0 bridgehead atoms. The second-order valence-corrected chi connectivity index (χ2v) is 16.9. The largest absolute Gasteiger partial charge is 0.456 e. The molecule has 0 unspecified atom stereocenters. The van der Waals surface area contributed by atoms with Gasteiger partial charge in [-0.2, -0.15) is 0 Å². The zero-order valence-electron chi connectivity index (χ0n) is 33.7. The minimum atomic E-state index is 0.593. The van der Waals surface area contributed by atoms with Gasteiger partial charge in [0.25, 0.3) is 0 Å². The maximum atomic E-state index is 6.58. The molecule has 0 aliphatic carbocycles. The third kappa shape index (κ3) is 5.73. The summed E-state index contributed by atoms with van der Waals surface area (Å²) in [6.45, 7) is 0. The maximum absolute atomic E-state index is 6.58. The molecule has 0 N–H and O–H groups in total. The Kier molecular flexibility index (Phi) is 8.01.